The van der Waals surface area contributed by atoms with E-state index in [1.54, 1.807) is 19.1 Å². The highest BCUT2D eigenvalue weighted by Gasteiger charge is 2.25. The van der Waals surface area contributed by atoms with Crippen molar-refractivity contribution in [3.63, 3.8) is 0 Å². The minimum Gasteiger partial charge on any atom is -0.496 e. The van der Waals surface area contributed by atoms with Crippen LogP contribution in [0.15, 0.2) is 18.2 Å². The molecule has 1 N–H and O–H groups in total. The Balaban J connectivity index is 3.19. The van der Waals surface area contributed by atoms with Gasteiger partial charge in [-0.3, -0.25) is 0 Å². The SMILES string of the molecule is CCOC(=O)[C@H](O)c1cc(C(C)(C)C)ccc1OC. The third kappa shape index (κ3) is 3.70. The van der Waals surface area contributed by atoms with Crippen molar-refractivity contribution in [3.05, 3.63) is 29.3 Å². The van der Waals surface area contributed by atoms with E-state index in [2.05, 4.69) is 20.8 Å². The first-order chi connectivity index (χ1) is 8.81. The van der Waals surface area contributed by atoms with Crippen LogP contribution in [0, 0.1) is 0 Å². The Morgan fingerprint density at radius 3 is 2.47 bits per heavy atom. The van der Waals surface area contributed by atoms with Crippen LogP contribution in [0.4, 0.5) is 0 Å². The molecule has 0 radical (unpaired) electrons. The van der Waals surface area contributed by atoms with E-state index in [4.69, 9.17) is 9.47 Å². The van der Waals surface area contributed by atoms with E-state index in [1.165, 1.54) is 7.11 Å². The summed E-state index contributed by atoms with van der Waals surface area (Å²) in [5, 5.41) is 10.1. The molecule has 1 rings (SSSR count). The van der Waals surface area contributed by atoms with Gasteiger partial charge in [0.15, 0.2) is 6.10 Å². The van der Waals surface area contributed by atoms with Gasteiger partial charge < -0.3 is 14.6 Å². The molecule has 0 amide bonds. The van der Waals surface area contributed by atoms with E-state index >= 15 is 0 Å². The van der Waals surface area contributed by atoms with E-state index in [0.717, 1.165) is 5.56 Å². The average Bonchev–Trinajstić information content (AvgIpc) is 2.36. The maximum Gasteiger partial charge on any atom is 0.339 e. The average molecular weight is 266 g/mol. The van der Waals surface area contributed by atoms with E-state index in [-0.39, 0.29) is 12.0 Å². The zero-order valence-corrected chi connectivity index (χ0v) is 12.2. The summed E-state index contributed by atoms with van der Waals surface area (Å²) in [7, 11) is 1.51. The lowest BCUT2D eigenvalue weighted by Crippen LogP contribution is -2.18. The van der Waals surface area contributed by atoms with Crippen molar-refractivity contribution in [1.82, 2.24) is 0 Å². The summed E-state index contributed by atoms with van der Waals surface area (Å²) in [6, 6.07) is 5.49. The van der Waals surface area contributed by atoms with E-state index < -0.39 is 12.1 Å². The predicted octanol–water partition coefficient (Wildman–Crippen LogP) is 2.59. The monoisotopic (exact) mass is 266 g/mol. The second kappa shape index (κ2) is 6.06. The lowest BCUT2D eigenvalue weighted by molar-refractivity contribution is -0.153. The van der Waals surface area contributed by atoms with Gasteiger partial charge in [-0.05, 0) is 30.0 Å². The third-order valence-electron chi connectivity index (χ3n) is 2.90. The molecule has 0 unspecified atom stereocenters. The zero-order valence-electron chi connectivity index (χ0n) is 12.2. The molecule has 0 aliphatic heterocycles. The Kier molecular flexibility index (Phi) is 4.95. The van der Waals surface area contributed by atoms with E-state index in [1.807, 2.05) is 6.07 Å². The Labute approximate surface area is 114 Å². The molecule has 1 aromatic carbocycles. The van der Waals surface area contributed by atoms with Crippen LogP contribution in [0.5, 0.6) is 5.75 Å². The normalized spacial score (nSPS) is 12.9. The highest BCUT2D eigenvalue weighted by molar-refractivity contribution is 5.77. The molecule has 19 heavy (non-hydrogen) atoms. The minimum absolute atomic E-state index is 0.0740. The first kappa shape index (κ1) is 15.5. The summed E-state index contributed by atoms with van der Waals surface area (Å²) < 4.78 is 10.0. The highest BCUT2D eigenvalue weighted by Crippen LogP contribution is 2.32. The van der Waals surface area contributed by atoms with Crippen LogP contribution in [0.3, 0.4) is 0 Å². The first-order valence-electron chi connectivity index (χ1n) is 6.34. The number of aliphatic hydroxyl groups excluding tert-OH is 1. The second-order valence-electron chi connectivity index (χ2n) is 5.36. The number of rotatable bonds is 4. The summed E-state index contributed by atoms with van der Waals surface area (Å²) >= 11 is 0. The molecule has 1 aromatic rings. The molecule has 1 atom stereocenters. The second-order valence-corrected chi connectivity index (χ2v) is 5.36. The fourth-order valence-corrected chi connectivity index (χ4v) is 1.76. The molecule has 0 spiro atoms. The molecule has 0 fully saturated rings. The standard InChI is InChI=1S/C15H22O4/c1-6-19-14(17)13(16)11-9-10(15(2,3)4)7-8-12(11)18-5/h7-9,13,16H,6H2,1-5H3/t13-/m1/s1. The maximum atomic E-state index is 11.6. The molecule has 106 valence electrons. The number of hydrogen-bond donors (Lipinski definition) is 1. The van der Waals surface area contributed by atoms with Gasteiger partial charge >= 0.3 is 5.97 Å². The summed E-state index contributed by atoms with van der Waals surface area (Å²) in [6.45, 7) is 8.13. The summed E-state index contributed by atoms with van der Waals surface area (Å²) in [4.78, 5) is 11.6. The molecule has 0 saturated heterocycles. The van der Waals surface area contributed by atoms with E-state index in [9.17, 15) is 9.90 Å². The third-order valence-corrected chi connectivity index (χ3v) is 2.90. The molecule has 4 nitrogen and oxygen atoms in total. The van der Waals surface area contributed by atoms with Crippen LogP contribution in [0.1, 0.15) is 44.9 Å². The fourth-order valence-electron chi connectivity index (χ4n) is 1.76. The summed E-state index contributed by atoms with van der Waals surface area (Å²) in [5.41, 5.74) is 1.38. The van der Waals surface area contributed by atoms with Crippen LogP contribution < -0.4 is 4.74 Å². The Morgan fingerprint density at radius 1 is 1.37 bits per heavy atom. The van der Waals surface area contributed by atoms with Gasteiger partial charge in [0.1, 0.15) is 5.75 Å². The van der Waals surface area contributed by atoms with Crippen molar-refractivity contribution in [3.8, 4) is 5.75 Å². The number of carbonyl (C=O) groups excluding carboxylic acids is 1. The molecule has 0 saturated carbocycles. The Bertz CT molecular complexity index is 446. The van der Waals surface area contributed by atoms with Gasteiger partial charge in [-0.1, -0.05) is 26.8 Å². The Hall–Kier alpha value is -1.55. The molecular weight excluding hydrogens is 244 g/mol. The summed E-state index contributed by atoms with van der Waals surface area (Å²) in [6.07, 6.45) is -1.32. The van der Waals surface area contributed by atoms with Crippen molar-refractivity contribution in [2.45, 2.75) is 39.2 Å². The maximum absolute atomic E-state index is 11.6. The van der Waals surface area contributed by atoms with Gasteiger partial charge in [-0.2, -0.15) is 0 Å². The van der Waals surface area contributed by atoms with Crippen LogP contribution in [-0.2, 0) is 14.9 Å². The van der Waals surface area contributed by atoms with Crippen molar-refractivity contribution in [1.29, 1.82) is 0 Å². The molecular formula is C15H22O4. The lowest BCUT2D eigenvalue weighted by Gasteiger charge is -2.22. The molecule has 0 aromatic heterocycles. The van der Waals surface area contributed by atoms with Gasteiger partial charge in [0, 0.05) is 5.56 Å². The largest absolute Gasteiger partial charge is 0.496 e. The van der Waals surface area contributed by atoms with Crippen LogP contribution in [-0.4, -0.2) is 24.8 Å². The number of methoxy groups -OCH3 is 1. The number of ether oxygens (including phenoxy) is 2. The molecule has 4 heteroatoms. The Morgan fingerprint density at radius 2 is 2.00 bits per heavy atom. The van der Waals surface area contributed by atoms with Crippen molar-refractivity contribution in [2.75, 3.05) is 13.7 Å². The van der Waals surface area contributed by atoms with Gasteiger partial charge in [-0.25, -0.2) is 4.79 Å². The fraction of sp³-hybridized carbons (Fsp3) is 0.533. The number of esters is 1. The summed E-state index contributed by atoms with van der Waals surface area (Å²) in [5.74, 6) is -0.180. The zero-order chi connectivity index (χ0) is 14.6. The van der Waals surface area contributed by atoms with Gasteiger partial charge in [-0.15, -0.1) is 0 Å². The predicted molar refractivity (Wildman–Crippen MR) is 73.3 cm³/mol. The number of hydrogen-bond acceptors (Lipinski definition) is 4. The molecule has 0 bridgehead atoms. The van der Waals surface area contributed by atoms with Crippen LogP contribution in [0.2, 0.25) is 0 Å². The topological polar surface area (TPSA) is 55.8 Å². The smallest absolute Gasteiger partial charge is 0.339 e. The van der Waals surface area contributed by atoms with Gasteiger partial charge in [0.2, 0.25) is 0 Å². The number of benzene rings is 1. The van der Waals surface area contributed by atoms with E-state index in [0.29, 0.717) is 11.3 Å². The number of carbonyl (C=O) groups is 1. The van der Waals surface area contributed by atoms with Crippen molar-refractivity contribution >= 4 is 5.97 Å². The molecule has 0 aliphatic carbocycles. The molecule has 0 aliphatic rings. The molecule has 0 heterocycles. The lowest BCUT2D eigenvalue weighted by atomic mass is 9.85. The van der Waals surface area contributed by atoms with Crippen molar-refractivity contribution < 1.29 is 19.4 Å². The number of aliphatic hydroxyl groups is 1. The van der Waals surface area contributed by atoms with Gasteiger partial charge in [0.05, 0.1) is 13.7 Å². The first-order valence-corrected chi connectivity index (χ1v) is 6.34. The minimum atomic E-state index is -1.32. The van der Waals surface area contributed by atoms with Gasteiger partial charge in [0.25, 0.3) is 0 Å². The van der Waals surface area contributed by atoms with Crippen molar-refractivity contribution in [2.24, 2.45) is 0 Å². The van der Waals surface area contributed by atoms with Crippen LogP contribution in [0.25, 0.3) is 0 Å². The van der Waals surface area contributed by atoms with Crippen LogP contribution >= 0.6 is 0 Å². The quantitative estimate of drug-likeness (QED) is 0.851. The highest BCUT2D eigenvalue weighted by atomic mass is 16.5.